The third kappa shape index (κ3) is 3.34. The first-order chi connectivity index (χ1) is 13.5. The Kier molecular flexibility index (Phi) is 4.56. The molecule has 0 saturated carbocycles. The maximum absolute atomic E-state index is 12.5. The van der Waals surface area contributed by atoms with E-state index in [1.54, 1.807) is 29.2 Å². The first kappa shape index (κ1) is 17.8. The van der Waals surface area contributed by atoms with Gasteiger partial charge in [-0.2, -0.15) is 0 Å². The van der Waals surface area contributed by atoms with E-state index in [0.29, 0.717) is 30.4 Å². The van der Waals surface area contributed by atoms with Gasteiger partial charge in [0.25, 0.3) is 11.6 Å². The fourth-order valence-electron chi connectivity index (χ4n) is 3.34. The monoisotopic (exact) mass is 383 g/mol. The molecule has 1 saturated heterocycles. The summed E-state index contributed by atoms with van der Waals surface area (Å²) in [4.78, 5) is 37.0. The molecule has 4 rings (SSSR count). The molecule has 0 aliphatic carbocycles. The molecular formula is C19H17N3O6. The number of nitrogens with one attached hydrogen (secondary N) is 1. The van der Waals surface area contributed by atoms with Crippen molar-refractivity contribution in [1.29, 1.82) is 0 Å². The lowest BCUT2D eigenvalue weighted by molar-refractivity contribution is -0.385. The van der Waals surface area contributed by atoms with E-state index >= 15 is 0 Å². The number of rotatable bonds is 4. The van der Waals surface area contributed by atoms with Gasteiger partial charge in [0.2, 0.25) is 5.91 Å². The number of nitro benzene ring substituents is 1. The second kappa shape index (κ2) is 7.18. The largest absolute Gasteiger partial charge is 0.486 e. The summed E-state index contributed by atoms with van der Waals surface area (Å²) in [5.74, 6) is 0.477. The number of carbonyl (C=O) groups excluding carboxylic acids is 2. The minimum atomic E-state index is -0.601. The van der Waals surface area contributed by atoms with Crippen LogP contribution >= 0.6 is 0 Å². The number of amides is 2. The SMILES string of the molecule is O=C(N[C@@H]1CC(=O)N(c2ccc3c(c2)OCCO3)C1)c1ccccc1[N+](=O)[O-]. The third-order valence-electron chi connectivity index (χ3n) is 4.64. The number of nitro groups is 1. The van der Waals surface area contributed by atoms with Crippen LogP contribution in [0.15, 0.2) is 42.5 Å². The van der Waals surface area contributed by atoms with Crippen molar-refractivity contribution < 1.29 is 24.0 Å². The quantitative estimate of drug-likeness (QED) is 0.638. The number of para-hydroxylation sites is 1. The van der Waals surface area contributed by atoms with Crippen LogP contribution in [0.2, 0.25) is 0 Å². The lowest BCUT2D eigenvalue weighted by atomic mass is 10.1. The van der Waals surface area contributed by atoms with Gasteiger partial charge in [-0.3, -0.25) is 19.7 Å². The first-order valence-corrected chi connectivity index (χ1v) is 8.77. The maximum atomic E-state index is 12.5. The maximum Gasteiger partial charge on any atom is 0.282 e. The van der Waals surface area contributed by atoms with E-state index in [4.69, 9.17) is 9.47 Å². The van der Waals surface area contributed by atoms with Gasteiger partial charge in [-0.15, -0.1) is 0 Å². The molecule has 2 aliphatic heterocycles. The number of ether oxygens (including phenoxy) is 2. The van der Waals surface area contributed by atoms with E-state index in [2.05, 4.69) is 5.32 Å². The van der Waals surface area contributed by atoms with Crippen LogP contribution in [0.25, 0.3) is 0 Å². The zero-order chi connectivity index (χ0) is 19.7. The van der Waals surface area contributed by atoms with Crippen LogP contribution in [-0.2, 0) is 4.79 Å². The Morgan fingerprint density at radius 2 is 1.89 bits per heavy atom. The highest BCUT2D eigenvalue weighted by Crippen LogP contribution is 2.35. The minimum absolute atomic E-state index is 0.0299. The predicted octanol–water partition coefficient (Wildman–Crippen LogP) is 1.90. The Bertz CT molecular complexity index is 960. The molecule has 1 atom stereocenters. The molecule has 0 unspecified atom stereocenters. The van der Waals surface area contributed by atoms with Gasteiger partial charge in [0, 0.05) is 30.8 Å². The van der Waals surface area contributed by atoms with Crippen LogP contribution in [0, 0.1) is 10.1 Å². The molecule has 2 aliphatic rings. The Hall–Kier alpha value is -3.62. The Morgan fingerprint density at radius 3 is 2.68 bits per heavy atom. The molecule has 144 valence electrons. The molecule has 9 nitrogen and oxygen atoms in total. The van der Waals surface area contributed by atoms with Crippen molar-refractivity contribution in [3.63, 3.8) is 0 Å². The molecule has 9 heteroatoms. The fraction of sp³-hybridized carbons (Fsp3) is 0.263. The molecule has 2 amide bonds. The summed E-state index contributed by atoms with van der Waals surface area (Å²) in [6.07, 6.45) is 0.112. The summed E-state index contributed by atoms with van der Waals surface area (Å²) >= 11 is 0. The smallest absolute Gasteiger partial charge is 0.282 e. The van der Waals surface area contributed by atoms with Crippen molar-refractivity contribution in [2.45, 2.75) is 12.5 Å². The second-order valence-electron chi connectivity index (χ2n) is 6.48. The van der Waals surface area contributed by atoms with E-state index in [1.165, 1.54) is 18.2 Å². The summed E-state index contributed by atoms with van der Waals surface area (Å²) in [7, 11) is 0. The van der Waals surface area contributed by atoms with E-state index in [1.807, 2.05) is 0 Å². The molecule has 1 fully saturated rings. The Labute approximate surface area is 160 Å². The molecule has 1 N–H and O–H groups in total. The van der Waals surface area contributed by atoms with Gasteiger partial charge < -0.3 is 19.7 Å². The highest BCUT2D eigenvalue weighted by molar-refractivity contribution is 6.00. The first-order valence-electron chi connectivity index (χ1n) is 8.77. The van der Waals surface area contributed by atoms with Crippen molar-refractivity contribution in [3.05, 3.63) is 58.1 Å². The topological polar surface area (TPSA) is 111 Å². The fourth-order valence-corrected chi connectivity index (χ4v) is 3.34. The van der Waals surface area contributed by atoms with E-state index in [9.17, 15) is 19.7 Å². The van der Waals surface area contributed by atoms with Crippen molar-refractivity contribution in [2.24, 2.45) is 0 Å². The lowest BCUT2D eigenvalue weighted by Crippen LogP contribution is -2.37. The zero-order valence-corrected chi connectivity index (χ0v) is 14.8. The molecule has 0 radical (unpaired) electrons. The summed E-state index contributed by atoms with van der Waals surface area (Å²) in [6, 6.07) is 10.5. The molecular weight excluding hydrogens is 366 g/mol. The Morgan fingerprint density at radius 1 is 1.14 bits per heavy atom. The number of anilines is 1. The van der Waals surface area contributed by atoms with Crippen molar-refractivity contribution >= 4 is 23.2 Å². The molecule has 0 spiro atoms. The van der Waals surface area contributed by atoms with E-state index in [-0.39, 0.29) is 30.1 Å². The molecule has 28 heavy (non-hydrogen) atoms. The van der Waals surface area contributed by atoms with E-state index in [0.717, 1.165) is 0 Å². The van der Waals surface area contributed by atoms with Crippen molar-refractivity contribution in [3.8, 4) is 11.5 Å². The van der Waals surface area contributed by atoms with Gasteiger partial charge in [-0.1, -0.05) is 12.1 Å². The molecule has 2 heterocycles. The number of fused-ring (bicyclic) bond motifs is 1. The Balaban J connectivity index is 1.48. The third-order valence-corrected chi connectivity index (χ3v) is 4.64. The van der Waals surface area contributed by atoms with Gasteiger partial charge in [-0.05, 0) is 18.2 Å². The number of hydrogen-bond donors (Lipinski definition) is 1. The van der Waals surface area contributed by atoms with Crippen LogP contribution in [-0.4, -0.2) is 42.5 Å². The zero-order valence-electron chi connectivity index (χ0n) is 14.8. The number of nitrogens with zero attached hydrogens (tertiary/aromatic N) is 2. The molecule has 0 bridgehead atoms. The van der Waals surface area contributed by atoms with Gasteiger partial charge in [-0.25, -0.2) is 0 Å². The molecule has 0 aromatic heterocycles. The van der Waals surface area contributed by atoms with Gasteiger partial charge >= 0.3 is 0 Å². The van der Waals surface area contributed by atoms with Crippen molar-refractivity contribution in [1.82, 2.24) is 5.32 Å². The van der Waals surface area contributed by atoms with Crippen LogP contribution < -0.4 is 19.7 Å². The van der Waals surface area contributed by atoms with Gasteiger partial charge in [0.05, 0.1) is 11.0 Å². The lowest BCUT2D eigenvalue weighted by Gasteiger charge is -2.22. The van der Waals surface area contributed by atoms with Gasteiger partial charge in [0.15, 0.2) is 11.5 Å². The van der Waals surface area contributed by atoms with Gasteiger partial charge in [0.1, 0.15) is 18.8 Å². The second-order valence-corrected chi connectivity index (χ2v) is 6.48. The van der Waals surface area contributed by atoms with Crippen LogP contribution in [0.4, 0.5) is 11.4 Å². The minimum Gasteiger partial charge on any atom is -0.486 e. The summed E-state index contributed by atoms with van der Waals surface area (Å²) in [6.45, 7) is 1.19. The summed E-state index contributed by atoms with van der Waals surface area (Å²) < 4.78 is 11.0. The predicted molar refractivity (Wildman–Crippen MR) is 98.8 cm³/mol. The highest BCUT2D eigenvalue weighted by Gasteiger charge is 2.33. The highest BCUT2D eigenvalue weighted by atomic mass is 16.6. The van der Waals surface area contributed by atoms with Crippen LogP contribution in [0.1, 0.15) is 16.8 Å². The van der Waals surface area contributed by atoms with Crippen molar-refractivity contribution in [2.75, 3.05) is 24.7 Å². The average Bonchev–Trinajstić information content (AvgIpc) is 3.07. The average molecular weight is 383 g/mol. The van der Waals surface area contributed by atoms with E-state index < -0.39 is 16.9 Å². The van der Waals surface area contributed by atoms with Crippen LogP contribution in [0.3, 0.4) is 0 Å². The number of benzene rings is 2. The molecule has 2 aromatic rings. The number of hydrogen-bond acceptors (Lipinski definition) is 6. The summed E-state index contributed by atoms with van der Waals surface area (Å²) in [5, 5.41) is 13.8. The standard InChI is InChI=1S/C19H17N3O6/c23-18-9-12(20-19(24)14-3-1-2-4-15(14)22(25)26)11-21(18)13-5-6-16-17(10-13)28-8-7-27-16/h1-6,10,12H,7-9,11H2,(H,20,24)/t12-/m1/s1. The summed E-state index contributed by atoms with van der Waals surface area (Å²) in [5.41, 5.74) is 0.349. The molecule has 2 aromatic carbocycles. The number of carbonyl (C=O) groups is 2. The van der Waals surface area contributed by atoms with Crippen LogP contribution in [0.5, 0.6) is 11.5 Å². The normalized spacial score (nSPS) is 18.1.